The number of piperidine rings is 1. The van der Waals surface area contributed by atoms with Crippen molar-refractivity contribution < 1.29 is 43.1 Å². The number of ether oxygens (including phenoxy) is 7. The third kappa shape index (κ3) is 11.6. The second-order valence-electron chi connectivity index (χ2n) is 13.6. The number of amides is 1. The summed E-state index contributed by atoms with van der Waals surface area (Å²) in [5, 5.41) is 9.97. The molecule has 1 saturated heterocycles. The van der Waals surface area contributed by atoms with Crippen molar-refractivity contribution in [1.29, 1.82) is 0 Å². The number of fused-ring (bicyclic) bond motifs is 1. The Hall–Kier alpha value is -2.93. The van der Waals surface area contributed by atoms with Crippen molar-refractivity contribution in [2.45, 2.75) is 83.6 Å². The van der Waals surface area contributed by atoms with Gasteiger partial charge in [-0.25, -0.2) is 4.79 Å². The second-order valence-corrected chi connectivity index (χ2v) is 13.6. The summed E-state index contributed by atoms with van der Waals surface area (Å²) in [5.41, 5.74) is 3.52. The van der Waals surface area contributed by atoms with Gasteiger partial charge in [0.1, 0.15) is 18.0 Å². The molecule has 11 heteroatoms. The van der Waals surface area contributed by atoms with Crippen LogP contribution in [-0.4, -0.2) is 113 Å². The maximum atomic E-state index is 13.4. The van der Waals surface area contributed by atoms with E-state index in [2.05, 4.69) is 35.2 Å². The van der Waals surface area contributed by atoms with Crippen LogP contribution in [0.2, 0.25) is 0 Å². The molecule has 0 aromatic heterocycles. The second kappa shape index (κ2) is 18.7. The zero-order chi connectivity index (χ0) is 34.5. The van der Waals surface area contributed by atoms with E-state index in [0.29, 0.717) is 65.8 Å². The summed E-state index contributed by atoms with van der Waals surface area (Å²) < 4.78 is 41.0. The highest BCUT2D eigenvalue weighted by Crippen LogP contribution is 2.36. The smallest absolute Gasteiger partial charge is 0.410 e. The lowest BCUT2D eigenvalue weighted by Gasteiger charge is -2.44. The fourth-order valence-corrected chi connectivity index (χ4v) is 5.99. The fraction of sp³-hybridized carbons (Fsp3) is 0.649. The first-order valence-electron chi connectivity index (χ1n) is 17.1. The Balaban J connectivity index is 1.59. The summed E-state index contributed by atoms with van der Waals surface area (Å²) in [6, 6.07) is 14.5. The zero-order valence-corrected chi connectivity index (χ0v) is 29.7. The number of benzene rings is 2. The molecule has 1 N–H and O–H groups in total. The van der Waals surface area contributed by atoms with Crippen molar-refractivity contribution in [3.05, 3.63) is 59.2 Å². The fourth-order valence-electron chi connectivity index (χ4n) is 5.99. The summed E-state index contributed by atoms with van der Waals surface area (Å²) in [7, 11) is 3.38. The largest absolute Gasteiger partial charge is 0.490 e. The van der Waals surface area contributed by atoms with Gasteiger partial charge in [0.05, 0.1) is 70.1 Å². The standard InChI is InChI=1S/C37H56N2O9/c1-27(40)14-18-45-33-23-39(36(41)48-37(2,3)4)24-34(35(33)30-11-8-28(9-12-30)25-44-21-20-43-6)47-26-29-10-13-32-31(22-29)38(16-19-46-32)15-7-17-42-5/h8-13,22,27,33-35,40H,7,14-21,23-26H2,1-6H3/t27-,33-,34+,35+/m1/s1. The number of aliphatic hydroxyl groups excluding tert-OH is 1. The lowest BCUT2D eigenvalue weighted by atomic mass is 9.84. The van der Waals surface area contributed by atoms with E-state index in [1.54, 1.807) is 26.0 Å². The van der Waals surface area contributed by atoms with E-state index in [0.717, 1.165) is 47.6 Å². The van der Waals surface area contributed by atoms with Crippen LogP contribution in [0.5, 0.6) is 5.75 Å². The first-order valence-corrected chi connectivity index (χ1v) is 17.1. The molecule has 0 bridgehead atoms. The van der Waals surface area contributed by atoms with Gasteiger partial charge in [-0.1, -0.05) is 30.3 Å². The molecular weight excluding hydrogens is 616 g/mol. The molecule has 1 fully saturated rings. The van der Waals surface area contributed by atoms with Gasteiger partial charge in [-0.3, -0.25) is 0 Å². The van der Waals surface area contributed by atoms with Crippen LogP contribution in [0.15, 0.2) is 42.5 Å². The van der Waals surface area contributed by atoms with Gasteiger partial charge < -0.3 is 48.1 Å². The van der Waals surface area contributed by atoms with E-state index in [9.17, 15) is 9.90 Å². The van der Waals surface area contributed by atoms with E-state index in [-0.39, 0.29) is 12.0 Å². The van der Waals surface area contributed by atoms with Crippen LogP contribution in [0.4, 0.5) is 10.5 Å². The Morgan fingerprint density at radius 3 is 2.33 bits per heavy atom. The molecule has 0 spiro atoms. The molecular formula is C37H56N2O9. The molecule has 4 rings (SSSR count). The molecule has 2 aliphatic heterocycles. The van der Waals surface area contributed by atoms with E-state index in [4.69, 9.17) is 33.2 Å². The minimum absolute atomic E-state index is 0.173. The first-order chi connectivity index (χ1) is 23.1. The zero-order valence-electron chi connectivity index (χ0n) is 29.7. The van der Waals surface area contributed by atoms with E-state index >= 15 is 0 Å². The maximum absolute atomic E-state index is 13.4. The number of likely N-dealkylation sites (tertiary alicyclic amines) is 1. The molecule has 2 heterocycles. The number of aliphatic hydroxyl groups is 1. The molecule has 1 amide bonds. The molecule has 2 aromatic rings. The number of anilines is 1. The molecule has 268 valence electrons. The van der Waals surface area contributed by atoms with Gasteiger partial charge in [0.2, 0.25) is 0 Å². The predicted octanol–water partition coefficient (Wildman–Crippen LogP) is 5.16. The number of nitrogens with zero attached hydrogens (tertiary/aromatic N) is 2. The highest BCUT2D eigenvalue weighted by Gasteiger charge is 2.42. The van der Waals surface area contributed by atoms with Gasteiger partial charge in [-0.2, -0.15) is 0 Å². The number of hydrogen-bond acceptors (Lipinski definition) is 10. The molecule has 0 aliphatic carbocycles. The van der Waals surface area contributed by atoms with Gasteiger partial charge in [-0.05, 0) is 69.4 Å². The van der Waals surface area contributed by atoms with Crippen LogP contribution in [0.3, 0.4) is 0 Å². The van der Waals surface area contributed by atoms with Crippen molar-refractivity contribution in [3.63, 3.8) is 0 Å². The lowest BCUT2D eigenvalue weighted by molar-refractivity contribution is -0.0985. The molecule has 0 saturated carbocycles. The normalized spacial score (nSPS) is 20.3. The maximum Gasteiger partial charge on any atom is 0.410 e. The molecule has 2 aliphatic rings. The van der Waals surface area contributed by atoms with Crippen molar-refractivity contribution >= 4 is 11.8 Å². The number of rotatable bonds is 17. The SMILES string of the molecule is COCCCN1CCOc2ccc(CO[C@H]3CN(C(=O)OC(C)(C)C)C[C@@H](OCC[C@@H](C)O)[C@@H]3c3ccc(COCCOC)cc3)cc21. The third-order valence-electron chi connectivity index (χ3n) is 8.41. The van der Waals surface area contributed by atoms with Crippen LogP contribution < -0.4 is 9.64 Å². The predicted molar refractivity (Wildman–Crippen MR) is 184 cm³/mol. The van der Waals surface area contributed by atoms with Crippen molar-refractivity contribution in [3.8, 4) is 5.75 Å². The highest BCUT2D eigenvalue weighted by atomic mass is 16.6. The summed E-state index contributed by atoms with van der Waals surface area (Å²) >= 11 is 0. The number of carbonyl (C=O) groups is 1. The number of carbonyl (C=O) groups excluding carboxylic acids is 1. The molecule has 11 nitrogen and oxygen atoms in total. The average molecular weight is 673 g/mol. The quantitative estimate of drug-likeness (QED) is 0.227. The van der Waals surface area contributed by atoms with Crippen LogP contribution in [0.1, 0.15) is 63.1 Å². The Morgan fingerprint density at radius 1 is 0.938 bits per heavy atom. The Kier molecular flexibility index (Phi) is 14.8. The Bertz CT molecular complexity index is 1250. The topological polar surface area (TPSA) is 108 Å². The van der Waals surface area contributed by atoms with Gasteiger partial charge in [0.15, 0.2) is 0 Å². The molecule has 0 radical (unpaired) electrons. The summed E-state index contributed by atoms with van der Waals surface area (Å²) in [6.45, 7) is 13.3. The van der Waals surface area contributed by atoms with Gasteiger partial charge in [-0.15, -0.1) is 0 Å². The monoisotopic (exact) mass is 672 g/mol. The van der Waals surface area contributed by atoms with Gasteiger partial charge in [0, 0.05) is 39.9 Å². The van der Waals surface area contributed by atoms with Crippen LogP contribution in [0.25, 0.3) is 0 Å². The number of hydrogen-bond donors (Lipinski definition) is 1. The summed E-state index contributed by atoms with van der Waals surface area (Å²) in [5.74, 6) is 0.694. The van der Waals surface area contributed by atoms with Crippen LogP contribution in [-0.2, 0) is 41.6 Å². The van der Waals surface area contributed by atoms with Crippen molar-refractivity contribution in [1.82, 2.24) is 4.90 Å². The third-order valence-corrected chi connectivity index (χ3v) is 8.41. The van der Waals surface area contributed by atoms with Gasteiger partial charge >= 0.3 is 6.09 Å². The minimum Gasteiger partial charge on any atom is -0.490 e. The Morgan fingerprint density at radius 2 is 1.65 bits per heavy atom. The van der Waals surface area contributed by atoms with Crippen LogP contribution >= 0.6 is 0 Å². The molecule has 0 unspecified atom stereocenters. The van der Waals surface area contributed by atoms with Gasteiger partial charge in [0.25, 0.3) is 0 Å². The summed E-state index contributed by atoms with van der Waals surface area (Å²) in [6.07, 6.45) is -0.268. The molecule has 2 aromatic carbocycles. The minimum atomic E-state index is -0.644. The summed E-state index contributed by atoms with van der Waals surface area (Å²) in [4.78, 5) is 17.4. The number of methoxy groups -OCH3 is 2. The average Bonchev–Trinajstić information content (AvgIpc) is 3.05. The Labute approximate surface area is 286 Å². The lowest BCUT2D eigenvalue weighted by Crippen LogP contribution is -2.55. The molecule has 4 atom stereocenters. The van der Waals surface area contributed by atoms with Crippen molar-refractivity contribution in [2.24, 2.45) is 0 Å². The van der Waals surface area contributed by atoms with E-state index < -0.39 is 23.9 Å². The van der Waals surface area contributed by atoms with E-state index in [1.165, 1.54) is 0 Å². The van der Waals surface area contributed by atoms with Crippen LogP contribution in [0, 0.1) is 0 Å². The first kappa shape index (κ1) is 37.9. The molecule has 48 heavy (non-hydrogen) atoms. The van der Waals surface area contributed by atoms with Crippen molar-refractivity contribution in [2.75, 3.05) is 78.3 Å². The highest BCUT2D eigenvalue weighted by molar-refractivity contribution is 5.68. The van der Waals surface area contributed by atoms with E-state index in [1.807, 2.05) is 32.9 Å².